The number of piperidine rings is 1. The zero-order valence-corrected chi connectivity index (χ0v) is 13.6. The maximum Gasteiger partial charge on any atom is 0.123 e. The summed E-state index contributed by atoms with van der Waals surface area (Å²) in [5.74, 6) is 2.36. The molecule has 2 aliphatic carbocycles. The molecule has 0 aromatic heterocycles. The van der Waals surface area contributed by atoms with E-state index in [2.05, 4.69) is 11.4 Å². The molecule has 0 aromatic carbocycles. The molecule has 4 aliphatic rings. The van der Waals surface area contributed by atoms with Crippen LogP contribution in [0.15, 0.2) is 17.1 Å². The highest BCUT2D eigenvalue weighted by molar-refractivity contribution is 6.68. The standard InChI is InChI=1S/C18H27ClN2/c19-16-11-9-14-7-6-13-8-10-15(12-4-2-1-3-5-12)20-17(13)18(14)21-16/h9,11-15,17-18,20H,1-8,10H2. The Morgan fingerprint density at radius 2 is 1.76 bits per heavy atom. The number of nitrogens with zero attached hydrogens (tertiary/aromatic N) is 1. The average Bonchev–Trinajstić information content (AvgIpc) is 2.55. The third-order valence-electron chi connectivity index (χ3n) is 6.41. The molecule has 0 amide bonds. The zero-order valence-electron chi connectivity index (χ0n) is 12.8. The van der Waals surface area contributed by atoms with Gasteiger partial charge in [-0.05, 0) is 56.4 Å². The Morgan fingerprint density at radius 3 is 2.62 bits per heavy atom. The van der Waals surface area contributed by atoms with Gasteiger partial charge < -0.3 is 5.32 Å². The lowest BCUT2D eigenvalue weighted by Crippen LogP contribution is -2.59. The molecule has 0 bridgehead atoms. The van der Waals surface area contributed by atoms with Gasteiger partial charge in [-0.15, -0.1) is 0 Å². The van der Waals surface area contributed by atoms with E-state index >= 15 is 0 Å². The first kappa shape index (κ1) is 14.3. The fraction of sp³-hybridized carbons (Fsp3) is 0.833. The first-order valence-electron chi connectivity index (χ1n) is 8.99. The van der Waals surface area contributed by atoms with Crippen molar-refractivity contribution < 1.29 is 0 Å². The van der Waals surface area contributed by atoms with E-state index in [-0.39, 0.29) is 0 Å². The summed E-state index contributed by atoms with van der Waals surface area (Å²) in [6, 6.07) is 1.71. The van der Waals surface area contributed by atoms with Gasteiger partial charge in [-0.3, -0.25) is 4.99 Å². The second-order valence-electron chi connectivity index (χ2n) is 7.58. The number of hydrogen-bond donors (Lipinski definition) is 1. The van der Waals surface area contributed by atoms with E-state index in [1.165, 1.54) is 57.8 Å². The van der Waals surface area contributed by atoms with Crippen LogP contribution in [0.4, 0.5) is 0 Å². The topological polar surface area (TPSA) is 24.4 Å². The molecule has 5 unspecified atom stereocenters. The lowest BCUT2D eigenvalue weighted by Gasteiger charge is -2.49. The Morgan fingerprint density at radius 1 is 0.952 bits per heavy atom. The van der Waals surface area contributed by atoms with Crippen LogP contribution in [0.1, 0.15) is 57.8 Å². The van der Waals surface area contributed by atoms with Gasteiger partial charge in [0.05, 0.1) is 6.04 Å². The average molecular weight is 307 g/mol. The van der Waals surface area contributed by atoms with Crippen LogP contribution in [-0.4, -0.2) is 23.3 Å². The molecular weight excluding hydrogens is 280 g/mol. The Labute approximate surface area is 133 Å². The molecule has 3 fully saturated rings. The number of halogens is 1. The van der Waals surface area contributed by atoms with Crippen molar-refractivity contribution in [3.8, 4) is 0 Å². The number of allylic oxidation sites excluding steroid dienone is 1. The number of fused-ring (bicyclic) bond motifs is 3. The molecule has 2 heterocycles. The van der Waals surface area contributed by atoms with Gasteiger partial charge in [-0.25, -0.2) is 0 Å². The highest BCUT2D eigenvalue weighted by atomic mass is 35.5. The zero-order chi connectivity index (χ0) is 14.2. The molecule has 2 nitrogen and oxygen atoms in total. The summed E-state index contributed by atoms with van der Waals surface area (Å²) in [6.45, 7) is 0. The van der Waals surface area contributed by atoms with Crippen molar-refractivity contribution in [3.05, 3.63) is 12.2 Å². The molecule has 0 aromatic rings. The van der Waals surface area contributed by atoms with Gasteiger partial charge in [-0.1, -0.05) is 36.9 Å². The van der Waals surface area contributed by atoms with E-state index in [1.54, 1.807) is 0 Å². The fourth-order valence-electron chi connectivity index (χ4n) is 5.27. The van der Waals surface area contributed by atoms with Crippen LogP contribution in [-0.2, 0) is 0 Å². The predicted octanol–water partition coefficient (Wildman–Crippen LogP) is 4.29. The normalized spacial score (nSPS) is 43.9. The molecule has 3 heteroatoms. The number of aliphatic imine (C=N–C) groups is 1. The summed E-state index contributed by atoms with van der Waals surface area (Å²) >= 11 is 6.19. The quantitative estimate of drug-likeness (QED) is 0.768. The largest absolute Gasteiger partial charge is 0.309 e. The summed E-state index contributed by atoms with van der Waals surface area (Å²) in [5.41, 5.74) is 0. The summed E-state index contributed by atoms with van der Waals surface area (Å²) in [5, 5.41) is 4.75. The monoisotopic (exact) mass is 306 g/mol. The Balaban J connectivity index is 1.49. The second kappa shape index (κ2) is 6.04. The van der Waals surface area contributed by atoms with Crippen molar-refractivity contribution in [1.29, 1.82) is 0 Å². The van der Waals surface area contributed by atoms with E-state index in [1.807, 2.05) is 6.08 Å². The van der Waals surface area contributed by atoms with E-state index in [4.69, 9.17) is 16.6 Å². The summed E-state index contributed by atoms with van der Waals surface area (Å²) in [7, 11) is 0. The van der Waals surface area contributed by atoms with Crippen molar-refractivity contribution in [2.75, 3.05) is 0 Å². The highest BCUT2D eigenvalue weighted by Gasteiger charge is 2.43. The van der Waals surface area contributed by atoms with Gasteiger partial charge in [-0.2, -0.15) is 0 Å². The molecule has 21 heavy (non-hydrogen) atoms. The van der Waals surface area contributed by atoms with Crippen LogP contribution in [0.5, 0.6) is 0 Å². The van der Waals surface area contributed by atoms with Crippen LogP contribution in [0.25, 0.3) is 0 Å². The molecule has 116 valence electrons. The van der Waals surface area contributed by atoms with Crippen LogP contribution in [0.3, 0.4) is 0 Å². The molecule has 2 saturated carbocycles. The van der Waals surface area contributed by atoms with E-state index in [0.717, 1.165) is 17.9 Å². The van der Waals surface area contributed by atoms with Crippen LogP contribution in [0, 0.1) is 17.8 Å². The lowest BCUT2D eigenvalue weighted by atomic mass is 9.68. The van der Waals surface area contributed by atoms with Gasteiger partial charge in [0.25, 0.3) is 0 Å². The van der Waals surface area contributed by atoms with E-state index in [0.29, 0.717) is 23.2 Å². The number of nitrogens with one attached hydrogen (secondary N) is 1. The molecule has 2 aliphatic heterocycles. The minimum absolute atomic E-state index is 0.396. The second-order valence-corrected chi connectivity index (χ2v) is 7.96. The third kappa shape index (κ3) is 2.82. The maximum atomic E-state index is 6.19. The molecule has 1 N–H and O–H groups in total. The number of hydrogen-bond acceptors (Lipinski definition) is 2. The molecule has 0 spiro atoms. The molecule has 5 atom stereocenters. The van der Waals surface area contributed by atoms with E-state index in [9.17, 15) is 0 Å². The maximum absolute atomic E-state index is 6.19. The Bertz CT molecular complexity index is 438. The smallest absolute Gasteiger partial charge is 0.123 e. The highest BCUT2D eigenvalue weighted by Crippen LogP contribution is 2.41. The number of rotatable bonds is 1. The van der Waals surface area contributed by atoms with E-state index < -0.39 is 0 Å². The Hall–Kier alpha value is -0.340. The predicted molar refractivity (Wildman–Crippen MR) is 89.0 cm³/mol. The molecule has 1 saturated heterocycles. The molecule has 4 rings (SSSR count). The van der Waals surface area contributed by atoms with Gasteiger partial charge in [0, 0.05) is 18.0 Å². The minimum atomic E-state index is 0.396. The van der Waals surface area contributed by atoms with Crippen LogP contribution in [0.2, 0.25) is 0 Å². The minimum Gasteiger partial charge on any atom is -0.309 e. The van der Waals surface area contributed by atoms with Crippen molar-refractivity contribution in [2.45, 2.75) is 75.9 Å². The van der Waals surface area contributed by atoms with Crippen LogP contribution < -0.4 is 5.32 Å². The van der Waals surface area contributed by atoms with Crippen molar-refractivity contribution in [1.82, 2.24) is 5.32 Å². The van der Waals surface area contributed by atoms with Crippen LogP contribution >= 0.6 is 11.6 Å². The van der Waals surface area contributed by atoms with Gasteiger partial charge in [0.2, 0.25) is 0 Å². The third-order valence-corrected chi connectivity index (χ3v) is 6.64. The van der Waals surface area contributed by atoms with Gasteiger partial charge in [0.15, 0.2) is 0 Å². The fourth-order valence-corrected chi connectivity index (χ4v) is 5.45. The first-order valence-corrected chi connectivity index (χ1v) is 9.36. The van der Waals surface area contributed by atoms with Crippen molar-refractivity contribution in [3.63, 3.8) is 0 Å². The molecular formula is C18H27ClN2. The summed E-state index contributed by atoms with van der Waals surface area (Å²) in [4.78, 5) is 4.80. The SMILES string of the molecule is ClC1=NC2C(C=C1)CCC1CCC(C3CCCCC3)NC12. The molecule has 0 radical (unpaired) electrons. The first-order chi connectivity index (χ1) is 10.3. The number of dihydropyridines is 1. The van der Waals surface area contributed by atoms with Gasteiger partial charge in [0.1, 0.15) is 5.17 Å². The van der Waals surface area contributed by atoms with Gasteiger partial charge >= 0.3 is 0 Å². The Kier molecular flexibility index (Phi) is 4.10. The van der Waals surface area contributed by atoms with Crippen molar-refractivity contribution >= 4 is 16.8 Å². The van der Waals surface area contributed by atoms with Crippen molar-refractivity contribution in [2.24, 2.45) is 22.7 Å². The lowest BCUT2D eigenvalue weighted by molar-refractivity contribution is 0.102. The summed E-state index contributed by atoms with van der Waals surface area (Å²) < 4.78 is 0. The summed E-state index contributed by atoms with van der Waals surface area (Å²) in [6.07, 6.45) is 17.0.